The molecule has 240 valence electrons. The van der Waals surface area contributed by atoms with E-state index in [1.165, 1.54) is 35.1 Å². The minimum Gasteiger partial charge on any atom is -0.508 e. The van der Waals surface area contributed by atoms with Gasteiger partial charge >= 0.3 is 5.97 Å². The van der Waals surface area contributed by atoms with Crippen LogP contribution in [0.3, 0.4) is 0 Å². The molecule has 8 unspecified atom stereocenters. The smallest absolute Gasteiger partial charge is 0.331 e. The fourth-order valence-corrected chi connectivity index (χ4v) is 11.1. The lowest BCUT2D eigenvalue weighted by atomic mass is 9.54. The Balaban J connectivity index is 0.000000155. The monoisotopic (exact) mass is 610 g/mol. The zero-order chi connectivity index (χ0) is 31.0. The van der Waals surface area contributed by atoms with Crippen LogP contribution in [0.5, 0.6) is 11.5 Å². The second-order valence-corrected chi connectivity index (χ2v) is 15.1. The maximum atomic E-state index is 12.0. The standard InChI is InChI=1S/C20H24O2.C19H22O3.CH4/c1-12(21)18-7-8-19-17-5-3-13-11-14(22)4-6-15(13)16(17)9-10-20(18,19)2;1-19-9-8-14-13-5-3-12(20)10-11(13)2-4-15(14)16(19)6-7-17(19)18(21)22;/h4,6-7,11,16-17,19,22H,3,5,8-10H2,1-2H3;3,5,7,10,14-16,20H,2,4,6,8-9H2,1H3,(H,21,22);1H4. The first-order chi connectivity index (χ1) is 21.0. The van der Waals surface area contributed by atoms with E-state index in [1.54, 1.807) is 13.0 Å². The number of aliphatic carboxylic acids is 1. The summed E-state index contributed by atoms with van der Waals surface area (Å²) in [6.45, 7) is 6.21. The largest absolute Gasteiger partial charge is 0.508 e. The Bertz CT molecular complexity index is 1470. The Kier molecular flexibility index (Phi) is 8.07. The van der Waals surface area contributed by atoms with Gasteiger partial charge in [-0.1, -0.05) is 45.6 Å². The fourth-order valence-electron chi connectivity index (χ4n) is 11.1. The number of allylic oxidation sites excluding steroid dienone is 3. The summed E-state index contributed by atoms with van der Waals surface area (Å²) in [7, 11) is 0. The Morgan fingerprint density at radius 3 is 1.60 bits per heavy atom. The first-order valence-corrected chi connectivity index (χ1v) is 16.8. The number of hydrogen-bond donors (Lipinski definition) is 3. The molecule has 0 heterocycles. The van der Waals surface area contributed by atoms with Crippen molar-refractivity contribution < 1.29 is 24.9 Å². The van der Waals surface area contributed by atoms with Gasteiger partial charge < -0.3 is 15.3 Å². The molecule has 3 N–H and O–H groups in total. The summed E-state index contributed by atoms with van der Waals surface area (Å²) in [6.07, 6.45) is 14.8. The van der Waals surface area contributed by atoms with Crippen LogP contribution in [0, 0.1) is 34.5 Å². The van der Waals surface area contributed by atoms with Crippen LogP contribution in [-0.4, -0.2) is 27.1 Å². The number of carbonyl (C=O) groups is 2. The molecule has 8 atom stereocenters. The molecule has 6 aliphatic carbocycles. The second kappa shape index (κ2) is 11.5. The van der Waals surface area contributed by atoms with Crippen molar-refractivity contribution in [1.29, 1.82) is 0 Å². The Hall–Kier alpha value is -3.34. The molecule has 5 heteroatoms. The van der Waals surface area contributed by atoms with Gasteiger partial charge in [-0.3, -0.25) is 4.79 Å². The highest BCUT2D eigenvalue weighted by Crippen LogP contribution is 2.62. The molecule has 6 aliphatic rings. The number of carboxylic acids is 1. The number of phenolic OH excluding ortho intramolecular Hbond substituents is 2. The van der Waals surface area contributed by atoms with Crippen LogP contribution in [0.2, 0.25) is 0 Å². The van der Waals surface area contributed by atoms with Gasteiger partial charge in [0.15, 0.2) is 5.78 Å². The van der Waals surface area contributed by atoms with E-state index in [0.29, 0.717) is 52.6 Å². The van der Waals surface area contributed by atoms with Gasteiger partial charge in [-0.25, -0.2) is 4.79 Å². The molecule has 5 nitrogen and oxygen atoms in total. The van der Waals surface area contributed by atoms with Gasteiger partial charge in [0, 0.05) is 11.0 Å². The SMILES string of the molecule is C.CC(=O)C1=CCC2C3CCc4cc(O)ccc4C3CCC12C.CC12CCC3c4ccc(O)cc4CCC3C1CC=C2C(=O)O. The number of ketones is 1. The van der Waals surface area contributed by atoms with Crippen molar-refractivity contribution in [3.05, 3.63) is 82.0 Å². The highest BCUT2D eigenvalue weighted by atomic mass is 16.4. The van der Waals surface area contributed by atoms with Crippen molar-refractivity contribution in [2.45, 2.75) is 104 Å². The molecule has 0 bridgehead atoms. The number of aromatic hydroxyl groups is 2. The summed E-state index contributed by atoms with van der Waals surface area (Å²) >= 11 is 0. The van der Waals surface area contributed by atoms with Crippen LogP contribution < -0.4 is 0 Å². The third-order valence-electron chi connectivity index (χ3n) is 13.2. The van der Waals surface area contributed by atoms with E-state index in [4.69, 9.17) is 0 Å². The van der Waals surface area contributed by atoms with E-state index >= 15 is 0 Å². The summed E-state index contributed by atoms with van der Waals surface area (Å²) in [5.74, 6) is 3.76. The van der Waals surface area contributed by atoms with Crippen LogP contribution in [0.25, 0.3) is 0 Å². The number of phenols is 2. The average molecular weight is 611 g/mol. The van der Waals surface area contributed by atoms with Gasteiger partial charge in [0.2, 0.25) is 0 Å². The number of Topliss-reactive ketones (excluding diaryl/α,β-unsaturated/α-hetero) is 1. The van der Waals surface area contributed by atoms with E-state index in [2.05, 4.69) is 32.1 Å². The molecule has 0 radical (unpaired) electrons. The van der Waals surface area contributed by atoms with Crippen molar-refractivity contribution >= 4 is 11.8 Å². The average Bonchev–Trinajstić information content (AvgIpc) is 3.54. The normalized spacial score (nSPS) is 35.3. The first kappa shape index (κ1) is 31.6. The van der Waals surface area contributed by atoms with Gasteiger partial charge in [-0.15, -0.1) is 0 Å². The number of fused-ring (bicyclic) bond motifs is 10. The summed E-state index contributed by atoms with van der Waals surface area (Å²) in [5.41, 5.74) is 7.15. The highest BCUT2D eigenvalue weighted by molar-refractivity contribution is 5.95. The zero-order valence-electron chi connectivity index (χ0n) is 26.3. The minimum absolute atomic E-state index is 0. The molecule has 0 amide bonds. The van der Waals surface area contributed by atoms with Gasteiger partial charge in [0.25, 0.3) is 0 Å². The van der Waals surface area contributed by atoms with Gasteiger partial charge in [-0.2, -0.15) is 0 Å². The molecular weight excluding hydrogens is 560 g/mol. The third-order valence-corrected chi connectivity index (χ3v) is 13.2. The maximum absolute atomic E-state index is 12.0. The highest BCUT2D eigenvalue weighted by Gasteiger charge is 2.54. The van der Waals surface area contributed by atoms with Crippen molar-refractivity contribution in [2.75, 3.05) is 0 Å². The molecule has 8 rings (SSSR count). The van der Waals surface area contributed by atoms with Crippen LogP contribution >= 0.6 is 0 Å². The summed E-state index contributed by atoms with van der Waals surface area (Å²) in [6, 6.07) is 11.7. The molecule has 45 heavy (non-hydrogen) atoms. The molecule has 0 spiro atoms. The molecule has 0 aromatic heterocycles. The van der Waals surface area contributed by atoms with E-state index in [9.17, 15) is 24.9 Å². The van der Waals surface area contributed by atoms with Crippen LogP contribution in [-0.2, 0) is 22.4 Å². The van der Waals surface area contributed by atoms with Gasteiger partial charge in [0.1, 0.15) is 11.5 Å². The Labute approximate surface area is 268 Å². The molecule has 2 aromatic carbocycles. The Morgan fingerprint density at radius 2 is 1.16 bits per heavy atom. The summed E-state index contributed by atoms with van der Waals surface area (Å²) < 4.78 is 0. The van der Waals surface area contributed by atoms with E-state index in [-0.39, 0.29) is 24.0 Å². The number of aryl methyl sites for hydroxylation is 2. The van der Waals surface area contributed by atoms with E-state index < -0.39 is 5.97 Å². The molecule has 2 aromatic rings. The number of hydrogen-bond acceptors (Lipinski definition) is 4. The number of benzene rings is 2. The van der Waals surface area contributed by atoms with E-state index in [0.717, 1.165) is 56.9 Å². The van der Waals surface area contributed by atoms with E-state index in [1.807, 2.05) is 24.3 Å². The van der Waals surface area contributed by atoms with Crippen LogP contribution in [0.1, 0.15) is 114 Å². The molecular formula is C40H50O5. The molecule has 2 fully saturated rings. The molecule has 0 saturated heterocycles. The lowest BCUT2D eigenvalue weighted by molar-refractivity contribution is -0.134. The lowest BCUT2D eigenvalue weighted by Crippen LogP contribution is -2.42. The first-order valence-electron chi connectivity index (χ1n) is 16.8. The lowest BCUT2D eigenvalue weighted by Gasteiger charge is -2.50. The van der Waals surface area contributed by atoms with Crippen molar-refractivity contribution in [2.24, 2.45) is 34.5 Å². The fraction of sp³-hybridized carbons (Fsp3) is 0.550. The second-order valence-electron chi connectivity index (χ2n) is 15.1. The number of carboxylic acid groups (broad SMARTS) is 1. The predicted octanol–water partition coefficient (Wildman–Crippen LogP) is 8.88. The topological polar surface area (TPSA) is 94.8 Å². The van der Waals surface area contributed by atoms with Crippen molar-refractivity contribution in [1.82, 2.24) is 0 Å². The van der Waals surface area contributed by atoms with Crippen LogP contribution in [0.4, 0.5) is 0 Å². The minimum atomic E-state index is -0.732. The van der Waals surface area contributed by atoms with Crippen molar-refractivity contribution in [3.8, 4) is 11.5 Å². The molecule has 0 aliphatic heterocycles. The summed E-state index contributed by atoms with van der Waals surface area (Å²) in [4.78, 5) is 23.6. The predicted molar refractivity (Wildman–Crippen MR) is 177 cm³/mol. The quantitative estimate of drug-likeness (QED) is 0.316. The van der Waals surface area contributed by atoms with Crippen molar-refractivity contribution in [3.63, 3.8) is 0 Å². The van der Waals surface area contributed by atoms with Crippen LogP contribution in [0.15, 0.2) is 59.7 Å². The number of rotatable bonds is 2. The summed E-state index contributed by atoms with van der Waals surface area (Å²) in [5, 5.41) is 28.9. The number of carbonyl (C=O) groups excluding carboxylic acids is 1. The Morgan fingerprint density at radius 1 is 0.711 bits per heavy atom. The molecule has 2 saturated carbocycles. The van der Waals surface area contributed by atoms with Gasteiger partial charge in [-0.05, 0) is 164 Å². The zero-order valence-corrected chi connectivity index (χ0v) is 26.3. The third kappa shape index (κ3) is 4.96. The van der Waals surface area contributed by atoms with Gasteiger partial charge in [0.05, 0.1) is 0 Å². The maximum Gasteiger partial charge on any atom is 0.331 e.